The molecule has 0 aliphatic heterocycles. The second-order valence-electron chi connectivity index (χ2n) is 1.44. The van der Waals surface area contributed by atoms with Gasteiger partial charge in [0.15, 0.2) is 0 Å². The van der Waals surface area contributed by atoms with E-state index in [-0.39, 0.29) is 19.8 Å². The Labute approximate surface area is 59.2 Å². The summed E-state index contributed by atoms with van der Waals surface area (Å²) in [7, 11) is -4.31. The minimum atomic E-state index is -4.31. The first-order chi connectivity index (χ1) is 4.56. The molecule has 0 spiro atoms. The molecule has 61 valence electrons. The van der Waals surface area contributed by atoms with Gasteiger partial charge < -0.3 is 14.5 Å². The first-order valence-corrected chi connectivity index (χ1v) is 4.16. The van der Waals surface area contributed by atoms with Crippen molar-refractivity contribution in [3.8, 4) is 0 Å². The Kier molecular flexibility index (Phi) is 4.85. The molecular formula is C4H10O5P. The molecule has 0 atom stereocenters. The summed E-state index contributed by atoms with van der Waals surface area (Å²) < 4.78 is 18.7. The summed E-state index contributed by atoms with van der Waals surface area (Å²) in [5.74, 6) is 0. The van der Waals surface area contributed by atoms with Crippen LogP contribution >= 0.6 is 7.82 Å². The fraction of sp³-hybridized carbons (Fsp3) is 0.750. The van der Waals surface area contributed by atoms with Crippen LogP contribution in [-0.4, -0.2) is 29.6 Å². The lowest BCUT2D eigenvalue weighted by molar-refractivity contribution is 0.101. The number of rotatable bonds is 5. The number of phosphoric acid groups is 1. The molecule has 0 aliphatic carbocycles. The zero-order chi connectivity index (χ0) is 8.04. The molecule has 0 saturated carbocycles. The van der Waals surface area contributed by atoms with Gasteiger partial charge in [0.2, 0.25) is 0 Å². The fourth-order valence-electron chi connectivity index (χ4n) is 0.317. The first-order valence-electron chi connectivity index (χ1n) is 2.63. The highest BCUT2D eigenvalue weighted by molar-refractivity contribution is 7.46. The van der Waals surface area contributed by atoms with Crippen molar-refractivity contribution in [1.29, 1.82) is 0 Å². The van der Waals surface area contributed by atoms with Crippen LogP contribution in [0.15, 0.2) is 0 Å². The summed E-state index contributed by atoms with van der Waals surface area (Å²) in [5.41, 5.74) is 0. The summed E-state index contributed by atoms with van der Waals surface area (Å²) in [6.45, 7) is 3.65. The Morgan fingerprint density at radius 3 is 2.40 bits per heavy atom. The van der Waals surface area contributed by atoms with Gasteiger partial charge in [-0.05, 0) is 6.92 Å². The molecule has 0 amide bonds. The predicted octanol–water partition coefficient (Wildman–Crippen LogP) is -0.0536. The lowest BCUT2D eigenvalue weighted by atomic mass is 10.8. The first kappa shape index (κ1) is 10.1. The van der Waals surface area contributed by atoms with E-state index in [0.717, 1.165) is 0 Å². The standard InChI is InChI=1S/C4H10O5P/c1-2-8-3-4-9-10(5,6)7/h1-4H2,(H2,5,6,7). The van der Waals surface area contributed by atoms with Crippen molar-refractivity contribution in [3.63, 3.8) is 0 Å². The van der Waals surface area contributed by atoms with E-state index in [0.29, 0.717) is 0 Å². The fourth-order valence-corrected chi connectivity index (χ4v) is 0.630. The van der Waals surface area contributed by atoms with Gasteiger partial charge in [0, 0.05) is 6.61 Å². The van der Waals surface area contributed by atoms with Gasteiger partial charge in [0.1, 0.15) is 0 Å². The van der Waals surface area contributed by atoms with Crippen molar-refractivity contribution in [2.45, 2.75) is 0 Å². The highest BCUT2D eigenvalue weighted by Crippen LogP contribution is 2.35. The number of phosphoric ester groups is 1. The molecule has 0 rings (SSSR count). The highest BCUT2D eigenvalue weighted by Gasteiger charge is 2.12. The van der Waals surface area contributed by atoms with Gasteiger partial charge in [-0.1, -0.05) is 0 Å². The second-order valence-corrected chi connectivity index (χ2v) is 2.68. The Morgan fingerprint density at radius 1 is 1.40 bits per heavy atom. The quantitative estimate of drug-likeness (QED) is 0.445. The highest BCUT2D eigenvalue weighted by atomic mass is 31.2. The van der Waals surface area contributed by atoms with Crippen LogP contribution in [0.3, 0.4) is 0 Å². The van der Waals surface area contributed by atoms with E-state index in [2.05, 4.69) is 16.2 Å². The molecule has 0 fully saturated rings. The summed E-state index contributed by atoms with van der Waals surface area (Å²) in [4.78, 5) is 16.3. The van der Waals surface area contributed by atoms with E-state index in [1.54, 1.807) is 0 Å². The Bertz CT molecular complexity index is 119. The summed E-state index contributed by atoms with van der Waals surface area (Å²) in [6, 6.07) is 0. The average molecular weight is 169 g/mol. The molecule has 0 aromatic carbocycles. The summed E-state index contributed by atoms with van der Waals surface area (Å²) in [5, 5.41) is 0. The van der Waals surface area contributed by atoms with Crippen molar-refractivity contribution in [2.24, 2.45) is 0 Å². The zero-order valence-corrected chi connectivity index (χ0v) is 6.29. The molecule has 10 heavy (non-hydrogen) atoms. The smallest absolute Gasteiger partial charge is 0.379 e. The molecule has 0 saturated heterocycles. The molecule has 2 N–H and O–H groups in total. The van der Waals surface area contributed by atoms with Crippen LogP contribution in [0, 0.1) is 6.92 Å². The molecule has 0 unspecified atom stereocenters. The number of hydrogen-bond donors (Lipinski definition) is 2. The van der Waals surface area contributed by atoms with Gasteiger partial charge in [-0.25, -0.2) is 4.57 Å². The Balaban J connectivity index is 3.13. The Hall–Kier alpha value is 0.0700. The van der Waals surface area contributed by atoms with Crippen LogP contribution in [-0.2, 0) is 13.8 Å². The SMILES string of the molecule is [CH2]COCCOP(=O)(O)O. The van der Waals surface area contributed by atoms with Gasteiger partial charge in [-0.3, -0.25) is 4.52 Å². The minimum Gasteiger partial charge on any atom is -0.379 e. The second kappa shape index (κ2) is 4.82. The van der Waals surface area contributed by atoms with Crippen molar-refractivity contribution in [1.82, 2.24) is 0 Å². The third-order valence-corrected chi connectivity index (χ3v) is 1.15. The van der Waals surface area contributed by atoms with Crippen LogP contribution in [0.1, 0.15) is 0 Å². The molecule has 6 heteroatoms. The van der Waals surface area contributed by atoms with E-state index in [9.17, 15) is 4.57 Å². The summed E-state index contributed by atoms with van der Waals surface area (Å²) >= 11 is 0. The predicted molar refractivity (Wildman–Crippen MR) is 34.2 cm³/mol. The monoisotopic (exact) mass is 169 g/mol. The molecule has 0 aromatic heterocycles. The van der Waals surface area contributed by atoms with Crippen molar-refractivity contribution < 1.29 is 23.6 Å². The van der Waals surface area contributed by atoms with Crippen LogP contribution in [0.25, 0.3) is 0 Å². The van der Waals surface area contributed by atoms with Crippen molar-refractivity contribution in [2.75, 3.05) is 19.8 Å². The Morgan fingerprint density at radius 2 is 2.00 bits per heavy atom. The third-order valence-electron chi connectivity index (χ3n) is 0.631. The molecule has 5 nitrogen and oxygen atoms in total. The molecule has 0 aliphatic rings. The third kappa shape index (κ3) is 8.07. The van der Waals surface area contributed by atoms with Gasteiger partial charge in [-0.2, -0.15) is 0 Å². The summed E-state index contributed by atoms with van der Waals surface area (Å²) in [6.07, 6.45) is 0. The van der Waals surface area contributed by atoms with Gasteiger partial charge in [0.05, 0.1) is 13.2 Å². The van der Waals surface area contributed by atoms with Crippen molar-refractivity contribution in [3.05, 3.63) is 6.92 Å². The maximum Gasteiger partial charge on any atom is 0.469 e. The van der Waals surface area contributed by atoms with E-state index >= 15 is 0 Å². The van der Waals surface area contributed by atoms with Gasteiger partial charge in [-0.15, -0.1) is 0 Å². The average Bonchev–Trinajstić information content (AvgIpc) is 1.78. The topological polar surface area (TPSA) is 76.0 Å². The number of ether oxygens (including phenoxy) is 1. The maximum absolute atomic E-state index is 10.00. The molecule has 0 aromatic rings. The lowest BCUT2D eigenvalue weighted by Gasteiger charge is -2.03. The van der Waals surface area contributed by atoms with Crippen LogP contribution in [0.4, 0.5) is 0 Å². The lowest BCUT2D eigenvalue weighted by Crippen LogP contribution is -2.02. The van der Waals surface area contributed by atoms with E-state index in [1.807, 2.05) is 0 Å². The number of hydrogen-bond acceptors (Lipinski definition) is 3. The maximum atomic E-state index is 10.00. The van der Waals surface area contributed by atoms with Gasteiger partial charge >= 0.3 is 7.82 Å². The van der Waals surface area contributed by atoms with E-state index in [1.165, 1.54) is 0 Å². The normalized spacial score (nSPS) is 11.9. The van der Waals surface area contributed by atoms with E-state index < -0.39 is 7.82 Å². The minimum absolute atomic E-state index is 0.111. The van der Waals surface area contributed by atoms with E-state index in [4.69, 9.17) is 9.79 Å². The molecule has 1 radical (unpaired) electrons. The van der Waals surface area contributed by atoms with Crippen LogP contribution < -0.4 is 0 Å². The van der Waals surface area contributed by atoms with Crippen molar-refractivity contribution >= 4 is 7.82 Å². The van der Waals surface area contributed by atoms with Crippen LogP contribution in [0.5, 0.6) is 0 Å². The largest absolute Gasteiger partial charge is 0.469 e. The molecule has 0 bridgehead atoms. The van der Waals surface area contributed by atoms with Gasteiger partial charge in [0.25, 0.3) is 0 Å². The molecule has 0 heterocycles. The van der Waals surface area contributed by atoms with Crippen LogP contribution in [0.2, 0.25) is 0 Å². The zero-order valence-electron chi connectivity index (χ0n) is 5.39. The molecular weight excluding hydrogens is 159 g/mol.